The van der Waals surface area contributed by atoms with Crippen molar-refractivity contribution in [2.24, 2.45) is 17.8 Å². The van der Waals surface area contributed by atoms with E-state index in [-0.39, 0.29) is 28.3 Å². The van der Waals surface area contributed by atoms with E-state index in [1.165, 1.54) is 44.4 Å². The number of nitro groups is 1. The topological polar surface area (TPSA) is 98.5 Å². The first-order chi connectivity index (χ1) is 13.3. The molecule has 28 heavy (non-hydrogen) atoms. The van der Waals surface area contributed by atoms with Crippen molar-refractivity contribution >= 4 is 17.6 Å². The summed E-state index contributed by atoms with van der Waals surface area (Å²) in [6, 6.07) is 4.27. The maximum absolute atomic E-state index is 12.8. The number of nitrogens with zero attached hydrogens (tertiary/aromatic N) is 1. The van der Waals surface area contributed by atoms with Gasteiger partial charge in [-0.15, -0.1) is 0 Å². The molecule has 4 aliphatic carbocycles. The van der Waals surface area contributed by atoms with Gasteiger partial charge in [0.15, 0.2) is 6.10 Å². The van der Waals surface area contributed by atoms with Gasteiger partial charge in [-0.05, 0) is 76.2 Å². The SMILES string of the molecule is Cc1c(C(=O)O[C@@H](C)C(=O)NC23CC4CC(CC(C4)C2)C3)cccc1[N+](=O)[O-]. The molecule has 0 radical (unpaired) electrons. The Hall–Kier alpha value is -2.44. The lowest BCUT2D eigenvalue weighted by Gasteiger charge is -2.57. The summed E-state index contributed by atoms with van der Waals surface area (Å²) in [5.41, 5.74) is 0.0727. The Bertz CT molecular complexity index is 799. The summed E-state index contributed by atoms with van der Waals surface area (Å²) < 4.78 is 5.35. The number of nitrogens with one attached hydrogen (secondary N) is 1. The van der Waals surface area contributed by atoms with E-state index in [1.54, 1.807) is 6.92 Å². The Morgan fingerprint density at radius 3 is 2.29 bits per heavy atom. The largest absolute Gasteiger partial charge is 0.449 e. The van der Waals surface area contributed by atoms with E-state index < -0.39 is 17.0 Å². The van der Waals surface area contributed by atoms with Crippen molar-refractivity contribution in [2.45, 2.75) is 64.0 Å². The molecule has 1 aromatic carbocycles. The summed E-state index contributed by atoms with van der Waals surface area (Å²) in [5, 5.41) is 14.3. The highest BCUT2D eigenvalue weighted by molar-refractivity contribution is 5.94. The minimum Gasteiger partial charge on any atom is -0.449 e. The van der Waals surface area contributed by atoms with Crippen LogP contribution < -0.4 is 5.32 Å². The number of hydrogen-bond acceptors (Lipinski definition) is 5. The summed E-state index contributed by atoms with van der Waals surface area (Å²) in [6.45, 7) is 3.06. The molecule has 1 amide bonds. The van der Waals surface area contributed by atoms with E-state index in [1.807, 2.05) is 0 Å². The fourth-order valence-electron chi connectivity index (χ4n) is 5.95. The molecule has 1 atom stereocenters. The van der Waals surface area contributed by atoms with Gasteiger partial charge in [-0.1, -0.05) is 6.07 Å². The first-order valence-corrected chi connectivity index (χ1v) is 10.0. The minimum absolute atomic E-state index is 0.114. The molecule has 4 saturated carbocycles. The molecule has 0 heterocycles. The fourth-order valence-corrected chi connectivity index (χ4v) is 5.95. The summed E-state index contributed by atoms with van der Waals surface area (Å²) in [4.78, 5) is 35.8. The average molecular weight is 386 g/mol. The fraction of sp³-hybridized carbons (Fsp3) is 0.619. The first kappa shape index (κ1) is 18.9. The first-order valence-electron chi connectivity index (χ1n) is 10.0. The summed E-state index contributed by atoms with van der Waals surface area (Å²) >= 11 is 0. The number of amides is 1. The molecular formula is C21H26N2O5. The van der Waals surface area contributed by atoms with Gasteiger partial charge in [0.1, 0.15) is 0 Å². The predicted octanol–water partition coefficient (Wildman–Crippen LogP) is 3.53. The minimum atomic E-state index is -0.945. The molecule has 0 aromatic heterocycles. The maximum atomic E-state index is 12.8. The molecule has 4 bridgehead atoms. The molecule has 0 aliphatic heterocycles. The van der Waals surface area contributed by atoms with Gasteiger partial charge in [-0.2, -0.15) is 0 Å². The van der Waals surface area contributed by atoms with Gasteiger partial charge in [-0.3, -0.25) is 14.9 Å². The monoisotopic (exact) mass is 386 g/mol. The van der Waals surface area contributed by atoms with Gasteiger partial charge >= 0.3 is 5.97 Å². The van der Waals surface area contributed by atoms with Crippen molar-refractivity contribution in [2.75, 3.05) is 0 Å². The van der Waals surface area contributed by atoms with Gasteiger partial charge in [0.2, 0.25) is 0 Å². The number of ether oxygens (including phenoxy) is 1. The van der Waals surface area contributed by atoms with Crippen LogP contribution in [0.1, 0.15) is 61.4 Å². The second-order valence-electron chi connectivity index (χ2n) is 8.94. The van der Waals surface area contributed by atoms with E-state index in [0.717, 1.165) is 19.3 Å². The standard InChI is InChI=1S/C21H26N2O5/c1-12-17(4-3-5-18(12)23(26)27)20(25)28-13(2)19(24)22-21-9-14-6-15(10-21)8-16(7-14)11-21/h3-5,13-16H,6-11H2,1-2H3,(H,22,24)/t13-,14?,15?,16?,21?/m0/s1. The molecule has 150 valence electrons. The number of esters is 1. The van der Waals surface area contributed by atoms with E-state index in [0.29, 0.717) is 17.8 Å². The van der Waals surface area contributed by atoms with Crippen molar-refractivity contribution in [3.8, 4) is 0 Å². The van der Waals surface area contributed by atoms with Crippen molar-refractivity contribution < 1.29 is 19.2 Å². The van der Waals surface area contributed by atoms with Gasteiger partial charge in [0.25, 0.3) is 11.6 Å². The van der Waals surface area contributed by atoms with E-state index in [2.05, 4.69) is 5.32 Å². The number of hydrogen-bond donors (Lipinski definition) is 1. The summed E-state index contributed by atoms with van der Waals surface area (Å²) in [5.74, 6) is 1.12. The molecule has 0 saturated heterocycles. The van der Waals surface area contributed by atoms with Crippen LogP contribution in [0.25, 0.3) is 0 Å². The number of rotatable bonds is 5. The van der Waals surface area contributed by atoms with Crippen LogP contribution in [0.4, 0.5) is 5.69 Å². The lowest BCUT2D eigenvalue weighted by atomic mass is 9.53. The van der Waals surface area contributed by atoms with Crippen molar-refractivity contribution in [3.63, 3.8) is 0 Å². The van der Waals surface area contributed by atoms with Crippen LogP contribution in [0.2, 0.25) is 0 Å². The highest BCUT2D eigenvalue weighted by Gasteiger charge is 2.51. The molecule has 0 spiro atoms. The van der Waals surface area contributed by atoms with Crippen LogP contribution >= 0.6 is 0 Å². The number of nitro benzene ring substituents is 1. The zero-order chi connectivity index (χ0) is 20.1. The zero-order valence-corrected chi connectivity index (χ0v) is 16.3. The Morgan fingerprint density at radius 2 is 1.75 bits per heavy atom. The lowest BCUT2D eigenvalue weighted by molar-refractivity contribution is -0.385. The summed E-state index contributed by atoms with van der Waals surface area (Å²) in [6.07, 6.45) is 5.97. The van der Waals surface area contributed by atoms with Crippen LogP contribution in [-0.2, 0) is 9.53 Å². The molecule has 0 unspecified atom stereocenters. The van der Waals surface area contributed by atoms with E-state index in [4.69, 9.17) is 4.74 Å². The van der Waals surface area contributed by atoms with Crippen LogP contribution in [0.5, 0.6) is 0 Å². The van der Waals surface area contributed by atoms with Crippen LogP contribution in [-0.4, -0.2) is 28.4 Å². The molecule has 1 N–H and O–H groups in total. The van der Waals surface area contributed by atoms with Crippen molar-refractivity contribution in [3.05, 3.63) is 39.4 Å². The molecule has 4 fully saturated rings. The third-order valence-electron chi connectivity index (χ3n) is 6.80. The Balaban J connectivity index is 1.42. The molecular weight excluding hydrogens is 360 g/mol. The number of carbonyl (C=O) groups is 2. The normalized spacial score (nSPS) is 31.3. The van der Waals surface area contributed by atoms with Crippen LogP contribution in [0.3, 0.4) is 0 Å². The predicted molar refractivity (Wildman–Crippen MR) is 102 cm³/mol. The van der Waals surface area contributed by atoms with Gasteiger partial charge in [0.05, 0.1) is 10.5 Å². The van der Waals surface area contributed by atoms with Crippen molar-refractivity contribution in [1.82, 2.24) is 5.32 Å². The molecule has 7 heteroatoms. The summed E-state index contributed by atoms with van der Waals surface area (Å²) in [7, 11) is 0. The zero-order valence-electron chi connectivity index (χ0n) is 16.3. The average Bonchev–Trinajstić information content (AvgIpc) is 2.59. The Kier molecular flexibility index (Phi) is 4.63. The molecule has 7 nitrogen and oxygen atoms in total. The second-order valence-corrected chi connectivity index (χ2v) is 8.94. The van der Waals surface area contributed by atoms with Gasteiger partial charge < -0.3 is 10.1 Å². The van der Waals surface area contributed by atoms with Crippen molar-refractivity contribution in [1.29, 1.82) is 0 Å². The Morgan fingerprint density at radius 1 is 1.18 bits per heavy atom. The van der Waals surface area contributed by atoms with E-state index in [9.17, 15) is 19.7 Å². The third-order valence-corrected chi connectivity index (χ3v) is 6.80. The Labute approximate surface area is 164 Å². The highest BCUT2D eigenvalue weighted by atomic mass is 16.6. The quantitative estimate of drug-likeness (QED) is 0.474. The second kappa shape index (κ2) is 6.87. The maximum Gasteiger partial charge on any atom is 0.339 e. The van der Waals surface area contributed by atoms with Crippen LogP contribution in [0.15, 0.2) is 18.2 Å². The lowest BCUT2D eigenvalue weighted by Crippen LogP contribution is -2.61. The number of benzene rings is 1. The molecule has 1 aromatic rings. The molecule has 4 aliphatic rings. The van der Waals surface area contributed by atoms with E-state index >= 15 is 0 Å². The number of carbonyl (C=O) groups excluding carboxylic acids is 2. The highest BCUT2D eigenvalue weighted by Crippen LogP contribution is 2.55. The third kappa shape index (κ3) is 3.38. The van der Waals surface area contributed by atoms with Crippen LogP contribution in [0, 0.1) is 34.8 Å². The molecule has 5 rings (SSSR count). The smallest absolute Gasteiger partial charge is 0.339 e. The van der Waals surface area contributed by atoms with Gasteiger partial charge in [0, 0.05) is 17.2 Å². The van der Waals surface area contributed by atoms with Gasteiger partial charge in [-0.25, -0.2) is 4.79 Å².